The van der Waals surface area contributed by atoms with Gasteiger partial charge in [0.1, 0.15) is 11.3 Å². The number of carbonyl (C=O) groups is 1. The van der Waals surface area contributed by atoms with E-state index in [1.165, 1.54) is 4.68 Å². The molecule has 0 saturated heterocycles. The lowest BCUT2D eigenvalue weighted by molar-refractivity contribution is -0.148. The molecule has 0 N–H and O–H groups in total. The molecule has 4 aromatic rings. The van der Waals surface area contributed by atoms with Crippen LogP contribution in [0.5, 0.6) is 0 Å². The Bertz CT molecular complexity index is 1490. The molecular formula is C29H30N4O3. The first kappa shape index (κ1) is 23.7. The lowest BCUT2D eigenvalue weighted by Crippen LogP contribution is -2.30. The molecule has 0 spiro atoms. The molecule has 7 heteroatoms. The fourth-order valence-electron chi connectivity index (χ4n) is 4.78. The smallest absolute Gasteiger partial charge is 0.331 e. The second kappa shape index (κ2) is 9.57. The number of pyridine rings is 1. The molecule has 5 rings (SSSR count). The summed E-state index contributed by atoms with van der Waals surface area (Å²) in [6.07, 6.45) is 6.86. The molecule has 7 nitrogen and oxygen atoms in total. The number of allylic oxidation sites excluding steroid dienone is 1. The molecular weight excluding hydrogens is 452 g/mol. The van der Waals surface area contributed by atoms with E-state index in [-0.39, 0.29) is 17.6 Å². The Kier molecular flexibility index (Phi) is 6.31. The monoisotopic (exact) mass is 482 g/mol. The van der Waals surface area contributed by atoms with Crippen molar-refractivity contribution in [1.82, 2.24) is 19.4 Å². The Morgan fingerprint density at radius 1 is 1.00 bits per heavy atom. The predicted molar refractivity (Wildman–Crippen MR) is 140 cm³/mol. The minimum absolute atomic E-state index is 0.196. The van der Waals surface area contributed by atoms with Gasteiger partial charge in [-0.05, 0) is 63.8 Å². The van der Waals surface area contributed by atoms with Gasteiger partial charge in [-0.25, -0.2) is 14.0 Å². The Hall–Kier alpha value is -4.00. The number of fused-ring (bicyclic) bond motifs is 1. The summed E-state index contributed by atoms with van der Waals surface area (Å²) in [7, 11) is 0. The van der Waals surface area contributed by atoms with Crippen LogP contribution in [0, 0.1) is 0 Å². The SMILES string of the molecule is CC(C)(C)OC(=O)/C=C1/CCCCC1n1nc(-c2c(-c3ccccc3)nn3ccccc23)ccc1=O. The van der Waals surface area contributed by atoms with Gasteiger partial charge in [0, 0.05) is 23.9 Å². The lowest BCUT2D eigenvalue weighted by atomic mass is 9.89. The van der Waals surface area contributed by atoms with Crippen molar-refractivity contribution in [2.24, 2.45) is 0 Å². The first-order chi connectivity index (χ1) is 17.3. The normalized spacial score (nSPS) is 17.4. The van der Waals surface area contributed by atoms with Crippen LogP contribution in [0.3, 0.4) is 0 Å². The Morgan fingerprint density at radius 3 is 2.56 bits per heavy atom. The van der Waals surface area contributed by atoms with Gasteiger partial charge in [-0.1, -0.05) is 42.8 Å². The zero-order valence-electron chi connectivity index (χ0n) is 20.8. The van der Waals surface area contributed by atoms with Gasteiger partial charge in [0.05, 0.1) is 22.8 Å². The van der Waals surface area contributed by atoms with Crippen LogP contribution in [-0.4, -0.2) is 31.0 Å². The summed E-state index contributed by atoms with van der Waals surface area (Å²) >= 11 is 0. The first-order valence-electron chi connectivity index (χ1n) is 12.4. The van der Waals surface area contributed by atoms with Gasteiger partial charge in [0.15, 0.2) is 0 Å². The van der Waals surface area contributed by atoms with E-state index >= 15 is 0 Å². The molecule has 0 radical (unpaired) electrons. The molecule has 1 fully saturated rings. The summed E-state index contributed by atoms with van der Waals surface area (Å²) in [6.45, 7) is 5.54. The van der Waals surface area contributed by atoms with Crippen molar-refractivity contribution in [3.63, 3.8) is 0 Å². The van der Waals surface area contributed by atoms with Gasteiger partial charge in [0.25, 0.3) is 5.56 Å². The fraction of sp³-hybridized carbons (Fsp3) is 0.310. The molecule has 1 aliphatic carbocycles. The van der Waals surface area contributed by atoms with Crippen LogP contribution in [0.1, 0.15) is 52.5 Å². The molecule has 1 aromatic carbocycles. The summed E-state index contributed by atoms with van der Waals surface area (Å²) < 4.78 is 8.89. The van der Waals surface area contributed by atoms with Gasteiger partial charge < -0.3 is 4.74 Å². The third-order valence-corrected chi connectivity index (χ3v) is 6.29. The Labute approximate surface area is 210 Å². The van der Waals surface area contributed by atoms with E-state index in [1.54, 1.807) is 18.2 Å². The van der Waals surface area contributed by atoms with E-state index in [0.29, 0.717) is 5.69 Å². The number of aromatic nitrogens is 4. The lowest BCUT2D eigenvalue weighted by Gasteiger charge is -2.27. The van der Waals surface area contributed by atoms with Crippen molar-refractivity contribution < 1.29 is 9.53 Å². The molecule has 1 atom stereocenters. The quantitative estimate of drug-likeness (QED) is 0.279. The van der Waals surface area contributed by atoms with E-state index < -0.39 is 5.60 Å². The molecule has 1 aliphatic rings. The largest absolute Gasteiger partial charge is 0.457 e. The summed E-state index contributed by atoms with van der Waals surface area (Å²) in [5, 5.41) is 9.69. The second-order valence-corrected chi connectivity index (χ2v) is 10.1. The van der Waals surface area contributed by atoms with Gasteiger partial charge in [-0.2, -0.15) is 10.2 Å². The maximum atomic E-state index is 13.1. The number of ether oxygens (including phenoxy) is 1. The van der Waals surface area contributed by atoms with E-state index in [0.717, 1.165) is 53.6 Å². The number of benzene rings is 1. The topological polar surface area (TPSA) is 78.5 Å². The van der Waals surface area contributed by atoms with Crippen LogP contribution in [0.4, 0.5) is 0 Å². The molecule has 184 valence electrons. The average Bonchev–Trinajstić information content (AvgIpc) is 3.24. The molecule has 3 heterocycles. The standard InChI is InChI=1S/C29H30N4O3/c1-29(2,3)36-26(35)19-21-13-7-8-14-23(21)33-25(34)17-16-22(30-33)27-24-15-9-10-18-32(24)31-28(27)20-11-5-4-6-12-20/h4-6,9-12,15-19,23H,7-8,13-14H2,1-3H3/b21-19-. The highest BCUT2D eigenvalue weighted by Crippen LogP contribution is 2.36. The predicted octanol–water partition coefficient (Wildman–Crippen LogP) is 5.61. The molecule has 0 aliphatic heterocycles. The molecule has 1 saturated carbocycles. The van der Waals surface area contributed by atoms with E-state index in [1.807, 2.05) is 80.0 Å². The molecule has 1 unspecified atom stereocenters. The van der Waals surface area contributed by atoms with Crippen molar-refractivity contribution in [3.8, 4) is 22.5 Å². The molecule has 3 aromatic heterocycles. The number of hydrogen-bond acceptors (Lipinski definition) is 5. The Balaban J connectivity index is 1.62. The van der Waals surface area contributed by atoms with Crippen molar-refractivity contribution in [2.75, 3.05) is 0 Å². The van der Waals surface area contributed by atoms with E-state index in [4.69, 9.17) is 14.9 Å². The summed E-state index contributed by atoms with van der Waals surface area (Å²) in [5.74, 6) is -0.386. The highest BCUT2D eigenvalue weighted by molar-refractivity contribution is 5.90. The summed E-state index contributed by atoms with van der Waals surface area (Å²) in [5.41, 5.74) is 4.31. The van der Waals surface area contributed by atoms with Crippen LogP contribution < -0.4 is 5.56 Å². The van der Waals surface area contributed by atoms with E-state index in [2.05, 4.69) is 0 Å². The van der Waals surface area contributed by atoms with Gasteiger partial charge in [-0.15, -0.1) is 0 Å². The van der Waals surface area contributed by atoms with Gasteiger partial charge in [-0.3, -0.25) is 4.79 Å². The minimum Gasteiger partial charge on any atom is -0.457 e. The van der Waals surface area contributed by atoms with Gasteiger partial charge in [0.2, 0.25) is 0 Å². The maximum Gasteiger partial charge on any atom is 0.331 e. The number of nitrogens with zero attached hydrogens (tertiary/aromatic N) is 4. The fourth-order valence-corrected chi connectivity index (χ4v) is 4.78. The second-order valence-electron chi connectivity index (χ2n) is 10.1. The van der Waals surface area contributed by atoms with Crippen LogP contribution in [0.2, 0.25) is 0 Å². The number of esters is 1. The highest BCUT2D eigenvalue weighted by Gasteiger charge is 2.26. The first-order valence-corrected chi connectivity index (χ1v) is 12.4. The summed E-state index contributed by atoms with van der Waals surface area (Å²) in [6, 6.07) is 18.9. The molecule has 36 heavy (non-hydrogen) atoms. The zero-order chi connectivity index (χ0) is 25.3. The molecule has 0 bridgehead atoms. The third-order valence-electron chi connectivity index (χ3n) is 6.29. The maximum absolute atomic E-state index is 13.1. The van der Waals surface area contributed by atoms with Crippen molar-refractivity contribution in [2.45, 2.75) is 58.1 Å². The van der Waals surface area contributed by atoms with Crippen LogP contribution in [0.25, 0.3) is 28.0 Å². The van der Waals surface area contributed by atoms with Crippen LogP contribution >= 0.6 is 0 Å². The van der Waals surface area contributed by atoms with E-state index in [9.17, 15) is 9.59 Å². The highest BCUT2D eigenvalue weighted by atomic mass is 16.6. The zero-order valence-corrected chi connectivity index (χ0v) is 20.8. The van der Waals surface area contributed by atoms with Crippen LogP contribution in [-0.2, 0) is 9.53 Å². The average molecular weight is 483 g/mol. The summed E-state index contributed by atoms with van der Waals surface area (Å²) in [4.78, 5) is 25.6. The third kappa shape index (κ3) is 4.87. The number of hydrogen-bond donors (Lipinski definition) is 0. The van der Waals surface area contributed by atoms with Crippen molar-refractivity contribution >= 4 is 11.5 Å². The minimum atomic E-state index is -0.579. The van der Waals surface area contributed by atoms with Gasteiger partial charge >= 0.3 is 5.97 Å². The van der Waals surface area contributed by atoms with Crippen molar-refractivity contribution in [3.05, 3.63) is 88.9 Å². The van der Waals surface area contributed by atoms with Crippen LogP contribution in [0.15, 0.2) is 83.3 Å². The number of rotatable bonds is 4. The number of carbonyl (C=O) groups excluding carboxylic acids is 1. The Morgan fingerprint density at radius 2 is 1.78 bits per heavy atom. The molecule has 0 amide bonds. The van der Waals surface area contributed by atoms with Crippen molar-refractivity contribution in [1.29, 1.82) is 0 Å².